The molecule has 0 saturated carbocycles. The molecule has 1 aliphatic heterocycles. The predicted octanol–water partition coefficient (Wildman–Crippen LogP) is 5.49. The minimum Gasteiger partial charge on any atom is -0.381 e. The molecule has 148 valence electrons. The first-order chi connectivity index (χ1) is 13.5. The molecule has 1 atom stereocenters. The van der Waals surface area contributed by atoms with Crippen LogP contribution < -0.4 is 0 Å². The molecule has 3 heterocycles. The molecule has 1 saturated heterocycles. The van der Waals surface area contributed by atoms with Crippen LogP contribution in [-0.4, -0.2) is 32.9 Å². The SMILES string of the molecule is Cc1cc2cc(C(=O)c3cccc(Cl)c3Cl)sc2n1S(=O)CC1CCOCC1. The van der Waals surface area contributed by atoms with Gasteiger partial charge >= 0.3 is 0 Å². The lowest BCUT2D eigenvalue weighted by Crippen LogP contribution is -2.23. The van der Waals surface area contributed by atoms with Crippen molar-refractivity contribution >= 4 is 61.5 Å². The highest BCUT2D eigenvalue weighted by molar-refractivity contribution is 7.83. The fourth-order valence-electron chi connectivity index (χ4n) is 3.47. The van der Waals surface area contributed by atoms with Gasteiger partial charge in [-0.1, -0.05) is 29.3 Å². The molecule has 2 aromatic heterocycles. The summed E-state index contributed by atoms with van der Waals surface area (Å²) in [6.07, 6.45) is 1.88. The van der Waals surface area contributed by atoms with Crippen LogP contribution >= 0.6 is 34.5 Å². The summed E-state index contributed by atoms with van der Waals surface area (Å²) < 4.78 is 20.3. The average Bonchev–Trinajstić information content (AvgIpc) is 3.20. The third-order valence-corrected chi connectivity index (χ3v) is 8.66. The Morgan fingerprint density at radius 1 is 1.29 bits per heavy atom. The van der Waals surface area contributed by atoms with Gasteiger partial charge in [0.2, 0.25) is 5.78 Å². The van der Waals surface area contributed by atoms with Crippen molar-refractivity contribution < 1.29 is 13.7 Å². The summed E-state index contributed by atoms with van der Waals surface area (Å²) in [6, 6.07) is 8.85. The van der Waals surface area contributed by atoms with Crippen LogP contribution in [-0.2, 0) is 15.7 Å². The summed E-state index contributed by atoms with van der Waals surface area (Å²) in [7, 11) is -1.18. The molecule has 0 amide bonds. The van der Waals surface area contributed by atoms with Crippen molar-refractivity contribution in [2.75, 3.05) is 19.0 Å². The summed E-state index contributed by atoms with van der Waals surface area (Å²) in [5.41, 5.74) is 1.32. The highest BCUT2D eigenvalue weighted by Gasteiger charge is 2.23. The Kier molecular flexibility index (Phi) is 5.95. The maximum atomic E-state index is 13.1. The first-order valence-electron chi connectivity index (χ1n) is 9.03. The van der Waals surface area contributed by atoms with Crippen LogP contribution in [0.4, 0.5) is 0 Å². The van der Waals surface area contributed by atoms with Gasteiger partial charge in [0.1, 0.15) is 15.8 Å². The first-order valence-corrected chi connectivity index (χ1v) is 11.9. The normalized spacial score (nSPS) is 16.5. The molecular formula is C20H19Cl2NO3S2. The second kappa shape index (κ2) is 8.28. The third kappa shape index (κ3) is 3.81. The second-order valence-corrected chi connectivity index (χ2v) is 10.1. The Morgan fingerprint density at radius 2 is 2.04 bits per heavy atom. The smallest absolute Gasteiger partial charge is 0.204 e. The number of benzene rings is 1. The highest BCUT2D eigenvalue weighted by Crippen LogP contribution is 2.34. The van der Waals surface area contributed by atoms with Gasteiger partial charge in [-0.2, -0.15) is 0 Å². The van der Waals surface area contributed by atoms with Gasteiger partial charge in [-0.3, -0.25) is 8.77 Å². The lowest BCUT2D eigenvalue weighted by Gasteiger charge is -2.21. The lowest BCUT2D eigenvalue weighted by atomic mass is 10.0. The number of hydrogen-bond acceptors (Lipinski definition) is 4. The summed E-state index contributed by atoms with van der Waals surface area (Å²) in [5, 5.41) is 1.53. The van der Waals surface area contributed by atoms with E-state index in [0.29, 0.717) is 27.1 Å². The van der Waals surface area contributed by atoms with Gasteiger partial charge in [0.25, 0.3) is 0 Å². The van der Waals surface area contributed by atoms with Crippen LogP contribution in [0.25, 0.3) is 10.2 Å². The molecule has 3 aromatic rings. The molecule has 0 radical (unpaired) electrons. The third-order valence-electron chi connectivity index (χ3n) is 4.95. The highest BCUT2D eigenvalue weighted by atomic mass is 35.5. The van der Waals surface area contributed by atoms with Gasteiger partial charge in [-0.25, -0.2) is 4.21 Å². The minimum absolute atomic E-state index is 0.173. The number of nitrogens with zero attached hydrogens (tertiary/aromatic N) is 1. The maximum absolute atomic E-state index is 13.1. The van der Waals surface area contributed by atoms with Crippen molar-refractivity contribution in [3.63, 3.8) is 0 Å². The van der Waals surface area contributed by atoms with Gasteiger partial charge in [0.15, 0.2) is 0 Å². The van der Waals surface area contributed by atoms with Crippen molar-refractivity contribution in [3.8, 4) is 0 Å². The van der Waals surface area contributed by atoms with E-state index in [4.69, 9.17) is 27.9 Å². The first kappa shape index (κ1) is 20.1. The second-order valence-electron chi connectivity index (χ2n) is 6.93. The molecule has 1 aromatic carbocycles. The number of ketones is 1. The van der Waals surface area contributed by atoms with E-state index in [2.05, 4.69) is 0 Å². The van der Waals surface area contributed by atoms with Crippen LogP contribution in [0.1, 0.15) is 33.8 Å². The number of ether oxygens (including phenoxy) is 1. The quantitative estimate of drug-likeness (QED) is 0.478. The summed E-state index contributed by atoms with van der Waals surface area (Å²) in [5.74, 6) is 0.834. The van der Waals surface area contributed by atoms with E-state index in [1.165, 1.54) is 11.3 Å². The monoisotopic (exact) mass is 455 g/mol. The fraction of sp³-hybridized carbons (Fsp3) is 0.350. The Morgan fingerprint density at radius 3 is 2.79 bits per heavy atom. The molecule has 0 bridgehead atoms. The lowest BCUT2D eigenvalue weighted by molar-refractivity contribution is 0.0725. The van der Waals surface area contributed by atoms with Gasteiger partial charge < -0.3 is 4.74 Å². The predicted molar refractivity (Wildman–Crippen MR) is 116 cm³/mol. The molecule has 0 aliphatic carbocycles. The van der Waals surface area contributed by atoms with Gasteiger partial charge in [0.05, 0.1) is 14.9 Å². The summed E-state index contributed by atoms with van der Waals surface area (Å²) >= 11 is 13.6. The van der Waals surface area contributed by atoms with Crippen LogP contribution in [0, 0.1) is 12.8 Å². The molecule has 4 nitrogen and oxygen atoms in total. The van der Waals surface area contributed by atoms with Crippen LogP contribution in [0.3, 0.4) is 0 Å². The minimum atomic E-state index is -1.18. The molecule has 1 aliphatic rings. The Balaban J connectivity index is 1.65. The number of aryl methyl sites for hydroxylation is 1. The van der Waals surface area contributed by atoms with Crippen LogP contribution in [0.5, 0.6) is 0 Å². The zero-order valence-electron chi connectivity index (χ0n) is 15.2. The number of carbonyl (C=O) groups is 1. The summed E-state index contributed by atoms with van der Waals surface area (Å²) in [6.45, 7) is 3.42. The van der Waals surface area contributed by atoms with E-state index in [9.17, 15) is 9.00 Å². The molecule has 0 spiro atoms. The number of rotatable bonds is 5. The van der Waals surface area contributed by atoms with Crippen molar-refractivity contribution in [1.82, 2.24) is 3.97 Å². The zero-order chi connectivity index (χ0) is 19.8. The van der Waals surface area contributed by atoms with Crippen molar-refractivity contribution in [1.29, 1.82) is 0 Å². The Labute approximate surface area is 180 Å². The number of fused-ring (bicyclic) bond motifs is 1. The zero-order valence-corrected chi connectivity index (χ0v) is 18.4. The number of halogens is 2. The van der Waals surface area contributed by atoms with E-state index in [0.717, 1.165) is 42.0 Å². The fourth-order valence-corrected chi connectivity index (χ4v) is 6.82. The van der Waals surface area contributed by atoms with Crippen molar-refractivity contribution in [2.45, 2.75) is 19.8 Å². The number of thiophene rings is 1. The Bertz CT molecular complexity index is 1070. The largest absolute Gasteiger partial charge is 0.381 e. The molecule has 0 N–H and O–H groups in total. The van der Waals surface area contributed by atoms with Gasteiger partial charge in [-0.15, -0.1) is 11.3 Å². The van der Waals surface area contributed by atoms with Crippen molar-refractivity contribution in [3.05, 3.63) is 56.5 Å². The number of aromatic nitrogens is 1. The average molecular weight is 456 g/mol. The maximum Gasteiger partial charge on any atom is 0.204 e. The Hall–Kier alpha value is -1.18. The van der Waals surface area contributed by atoms with E-state index < -0.39 is 11.0 Å². The molecule has 1 fully saturated rings. The molecule has 1 unspecified atom stereocenters. The molecule has 4 rings (SSSR count). The number of carbonyl (C=O) groups excluding carboxylic acids is 1. The van der Waals surface area contributed by atoms with E-state index in [-0.39, 0.29) is 10.8 Å². The molecular weight excluding hydrogens is 437 g/mol. The van der Waals surface area contributed by atoms with E-state index in [1.54, 1.807) is 18.2 Å². The standard InChI is InChI=1S/C20H19Cl2NO3S2/c1-12-9-14-10-17(19(24)15-3-2-4-16(21)18(15)22)27-20(14)23(12)28(25)11-13-5-7-26-8-6-13/h2-4,9-10,13H,5-8,11H2,1H3. The summed E-state index contributed by atoms with van der Waals surface area (Å²) in [4.78, 5) is 14.4. The number of hydrogen-bond donors (Lipinski definition) is 0. The topological polar surface area (TPSA) is 48.3 Å². The van der Waals surface area contributed by atoms with E-state index >= 15 is 0 Å². The molecule has 8 heteroatoms. The molecule has 28 heavy (non-hydrogen) atoms. The van der Waals surface area contributed by atoms with Crippen LogP contribution in [0.2, 0.25) is 10.0 Å². The van der Waals surface area contributed by atoms with E-state index in [1.807, 2.05) is 23.0 Å². The van der Waals surface area contributed by atoms with Gasteiger partial charge in [0, 0.05) is 35.6 Å². The van der Waals surface area contributed by atoms with Crippen LogP contribution in [0.15, 0.2) is 30.3 Å². The van der Waals surface area contributed by atoms with Gasteiger partial charge in [-0.05, 0) is 49.9 Å². The van der Waals surface area contributed by atoms with Crippen molar-refractivity contribution in [2.24, 2.45) is 5.92 Å².